The maximum Gasteiger partial charge on any atom is 0.255 e. The largest absolute Gasteiger partial charge is 0.351 e. The van der Waals surface area contributed by atoms with Crippen LogP contribution in [-0.2, 0) is 0 Å². The molecule has 182 valence electrons. The third-order valence-corrected chi connectivity index (χ3v) is 7.40. The Balaban J connectivity index is 1.37. The van der Waals surface area contributed by atoms with Gasteiger partial charge >= 0.3 is 0 Å². The second kappa shape index (κ2) is 9.99. The van der Waals surface area contributed by atoms with E-state index in [-0.39, 0.29) is 24.0 Å². The molecule has 1 fully saturated rings. The Kier molecular flexibility index (Phi) is 6.63. The van der Waals surface area contributed by atoms with Crippen LogP contribution >= 0.6 is 11.3 Å². The highest BCUT2D eigenvalue weighted by Gasteiger charge is 2.37. The Morgan fingerprint density at radius 3 is 2.66 bits per heavy atom. The molecule has 4 aromatic heterocycles. The minimum Gasteiger partial charge on any atom is -0.351 e. The molecule has 35 heavy (non-hydrogen) atoms. The third-order valence-electron chi connectivity index (χ3n) is 6.60. The predicted octanol–water partition coefficient (Wildman–Crippen LogP) is 5.14. The van der Waals surface area contributed by atoms with Crippen molar-refractivity contribution < 1.29 is 4.79 Å². The summed E-state index contributed by atoms with van der Waals surface area (Å²) in [5, 5.41) is 17.1. The van der Waals surface area contributed by atoms with Gasteiger partial charge in [0.15, 0.2) is 5.82 Å². The van der Waals surface area contributed by atoms with E-state index in [2.05, 4.69) is 44.6 Å². The maximum atomic E-state index is 13.4. The zero-order valence-electron chi connectivity index (χ0n) is 20.2. The van der Waals surface area contributed by atoms with Gasteiger partial charge in [-0.05, 0) is 56.2 Å². The van der Waals surface area contributed by atoms with Crippen LogP contribution in [-0.4, -0.2) is 54.1 Å². The predicted molar refractivity (Wildman–Crippen MR) is 139 cm³/mol. The minimum atomic E-state index is 0.0623. The molecule has 0 aromatic carbocycles. The van der Waals surface area contributed by atoms with Gasteiger partial charge in [0.25, 0.3) is 5.91 Å². The molecule has 1 saturated heterocycles. The monoisotopic (exact) mass is 490 g/mol. The van der Waals surface area contributed by atoms with E-state index < -0.39 is 0 Å². The van der Waals surface area contributed by atoms with E-state index in [1.807, 2.05) is 36.6 Å². The number of fused-ring (bicyclic) bond motifs is 1. The number of pyridine rings is 1. The zero-order chi connectivity index (χ0) is 24.4. The van der Waals surface area contributed by atoms with Crippen LogP contribution in [0.5, 0.6) is 0 Å². The summed E-state index contributed by atoms with van der Waals surface area (Å²) < 4.78 is 0. The SMILES string of the molecule is CCC1CC(Nc2nc(Nc3cc(C)[nH]n3)c3ccsc3n2)CC(CC)N1C(=O)c1cccnc1. The number of hydrogen-bond acceptors (Lipinski definition) is 8. The number of anilines is 3. The second-order valence-electron chi connectivity index (χ2n) is 8.99. The highest BCUT2D eigenvalue weighted by Crippen LogP contribution is 2.32. The topological polar surface area (TPSA) is 112 Å². The van der Waals surface area contributed by atoms with Crippen LogP contribution in [0.4, 0.5) is 17.6 Å². The highest BCUT2D eigenvalue weighted by atomic mass is 32.1. The van der Waals surface area contributed by atoms with Crippen LogP contribution in [0.3, 0.4) is 0 Å². The van der Waals surface area contributed by atoms with Gasteiger partial charge in [0.1, 0.15) is 10.6 Å². The van der Waals surface area contributed by atoms with Crippen LogP contribution in [0.15, 0.2) is 42.0 Å². The van der Waals surface area contributed by atoms with E-state index in [0.717, 1.165) is 53.2 Å². The van der Waals surface area contributed by atoms with Crippen molar-refractivity contribution in [2.45, 2.75) is 64.6 Å². The molecule has 0 radical (unpaired) electrons. The number of nitrogens with one attached hydrogen (secondary N) is 3. The quantitative estimate of drug-likeness (QED) is 0.329. The molecule has 2 atom stereocenters. The lowest BCUT2D eigenvalue weighted by molar-refractivity contribution is 0.0412. The Hall–Kier alpha value is -3.53. The molecule has 0 saturated carbocycles. The van der Waals surface area contributed by atoms with Gasteiger partial charge in [-0.1, -0.05) is 13.8 Å². The molecular weight excluding hydrogens is 460 g/mol. The molecule has 0 spiro atoms. The Bertz CT molecular complexity index is 1290. The van der Waals surface area contributed by atoms with Gasteiger partial charge in [0.2, 0.25) is 5.95 Å². The molecule has 3 N–H and O–H groups in total. The molecule has 5 rings (SSSR count). The smallest absolute Gasteiger partial charge is 0.255 e. The first-order valence-electron chi connectivity index (χ1n) is 12.1. The number of thiophene rings is 1. The lowest BCUT2D eigenvalue weighted by Crippen LogP contribution is -2.54. The number of hydrogen-bond donors (Lipinski definition) is 3. The van der Waals surface area contributed by atoms with E-state index in [4.69, 9.17) is 9.97 Å². The van der Waals surface area contributed by atoms with Crippen LogP contribution in [0, 0.1) is 6.92 Å². The molecule has 1 amide bonds. The highest BCUT2D eigenvalue weighted by molar-refractivity contribution is 7.16. The Labute approximate surface area is 208 Å². The molecule has 4 aromatic rings. The van der Waals surface area contributed by atoms with Gasteiger partial charge in [-0.25, -0.2) is 4.98 Å². The molecule has 0 bridgehead atoms. The molecule has 1 aliphatic heterocycles. The van der Waals surface area contributed by atoms with Gasteiger partial charge in [-0.3, -0.25) is 14.9 Å². The van der Waals surface area contributed by atoms with Crippen LogP contribution < -0.4 is 10.6 Å². The Morgan fingerprint density at radius 2 is 2.00 bits per heavy atom. The van der Waals surface area contributed by atoms with Crippen LogP contribution in [0.2, 0.25) is 0 Å². The summed E-state index contributed by atoms with van der Waals surface area (Å²) in [6.45, 7) is 6.25. The summed E-state index contributed by atoms with van der Waals surface area (Å²) in [7, 11) is 0. The lowest BCUT2D eigenvalue weighted by Gasteiger charge is -2.45. The Morgan fingerprint density at radius 1 is 1.20 bits per heavy atom. The van der Waals surface area contributed by atoms with Gasteiger partial charge in [-0.2, -0.15) is 10.1 Å². The normalized spacial score (nSPS) is 20.2. The number of aryl methyl sites for hydroxylation is 1. The van der Waals surface area contributed by atoms with Crippen molar-refractivity contribution in [2.75, 3.05) is 10.6 Å². The number of carbonyl (C=O) groups is 1. The first-order chi connectivity index (χ1) is 17.1. The van der Waals surface area contributed by atoms with Crippen molar-refractivity contribution >= 4 is 45.0 Å². The van der Waals surface area contributed by atoms with Crippen molar-refractivity contribution in [1.29, 1.82) is 0 Å². The molecule has 1 aliphatic rings. The zero-order valence-corrected chi connectivity index (χ0v) is 21.0. The average molecular weight is 491 g/mol. The summed E-state index contributed by atoms with van der Waals surface area (Å²) in [6, 6.07) is 8.06. The summed E-state index contributed by atoms with van der Waals surface area (Å²) in [5.74, 6) is 2.11. The first kappa shape index (κ1) is 23.2. The fraction of sp³-hybridized carbons (Fsp3) is 0.400. The standard InChI is InChI=1S/C25H30N8OS/c1-4-18-12-17(13-19(5-2)33(18)24(34)16-7-6-9-26-14-16)27-25-29-22(20-8-10-35-23(20)30-25)28-21-11-15(3)31-32-21/h6-11,14,17-19H,4-5,12-13H2,1-3H3,(H3,27,28,29,30,31,32). The maximum absolute atomic E-state index is 13.4. The number of nitrogens with zero attached hydrogens (tertiary/aromatic N) is 5. The molecular formula is C25H30N8OS. The minimum absolute atomic E-state index is 0.0623. The fourth-order valence-electron chi connectivity index (χ4n) is 4.89. The second-order valence-corrected chi connectivity index (χ2v) is 9.88. The van der Waals surface area contributed by atoms with E-state index in [9.17, 15) is 4.79 Å². The molecule has 10 heteroatoms. The van der Waals surface area contributed by atoms with Gasteiger partial charge in [-0.15, -0.1) is 11.3 Å². The van der Waals surface area contributed by atoms with E-state index in [0.29, 0.717) is 11.5 Å². The van der Waals surface area contributed by atoms with Gasteiger partial charge in [0, 0.05) is 42.3 Å². The fourth-order valence-corrected chi connectivity index (χ4v) is 5.66. The van der Waals surface area contributed by atoms with E-state index >= 15 is 0 Å². The average Bonchev–Trinajstić information content (AvgIpc) is 3.52. The van der Waals surface area contributed by atoms with Gasteiger partial charge in [0.05, 0.1) is 10.9 Å². The number of carbonyl (C=O) groups excluding carboxylic acids is 1. The number of piperidine rings is 1. The van der Waals surface area contributed by atoms with Crippen LogP contribution in [0.1, 0.15) is 55.6 Å². The molecule has 2 unspecified atom stereocenters. The number of H-pyrrole nitrogens is 1. The van der Waals surface area contributed by atoms with Crippen molar-refractivity contribution in [3.63, 3.8) is 0 Å². The summed E-state index contributed by atoms with van der Waals surface area (Å²) >= 11 is 1.59. The molecule has 5 heterocycles. The number of amides is 1. The summed E-state index contributed by atoms with van der Waals surface area (Å²) in [4.78, 5) is 30.1. The lowest BCUT2D eigenvalue weighted by atomic mass is 9.88. The number of aromatic amines is 1. The molecule has 9 nitrogen and oxygen atoms in total. The van der Waals surface area contributed by atoms with Gasteiger partial charge < -0.3 is 15.5 Å². The van der Waals surface area contributed by atoms with E-state index in [1.165, 1.54) is 0 Å². The number of rotatable bonds is 7. The van der Waals surface area contributed by atoms with Crippen molar-refractivity contribution in [3.8, 4) is 0 Å². The van der Waals surface area contributed by atoms with Crippen molar-refractivity contribution in [1.82, 2.24) is 30.0 Å². The summed E-state index contributed by atoms with van der Waals surface area (Å²) in [6.07, 6.45) is 6.81. The number of aromatic nitrogens is 5. The first-order valence-corrected chi connectivity index (χ1v) is 13.0. The number of likely N-dealkylation sites (tertiary alicyclic amines) is 1. The van der Waals surface area contributed by atoms with Crippen molar-refractivity contribution in [2.24, 2.45) is 0 Å². The van der Waals surface area contributed by atoms with Crippen molar-refractivity contribution in [3.05, 3.63) is 53.3 Å². The van der Waals surface area contributed by atoms with E-state index in [1.54, 1.807) is 23.7 Å². The summed E-state index contributed by atoms with van der Waals surface area (Å²) in [5.41, 5.74) is 1.62. The molecule has 0 aliphatic carbocycles. The third kappa shape index (κ3) is 4.84. The van der Waals surface area contributed by atoms with Crippen LogP contribution in [0.25, 0.3) is 10.2 Å².